The molecule has 100 valence electrons. The average Bonchev–Trinajstić information content (AvgIpc) is 2.86. The second-order valence-corrected chi connectivity index (χ2v) is 5.44. The molecule has 2 aromatic rings. The number of para-hydroxylation sites is 1. The van der Waals surface area contributed by atoms with E-state index in [0.29, 0.717) is 6.04 Å². The topological polar surface area (TPSA) is 42.1 Å². The Morgan fingerprint density at radius 1 is 1.37 bits per heavy atom. The van der Waals surface area contributed by atoms with Crippen molar-refractivity contribution in [3.8, 4) is 0 Å². The van der Waals surface area contributed by atoms with E-state index in [-0.39, 0.29) is 0 Å². The largest absolute Gasteiger partial charge is 0.329 e. The summed E-state index contributed by atoms with van der Waals surface area (Å²) in [5, 5.41) is 1.27. The Kier molecular flexibility index (Phi) is 3.49. The van der Waals surface area contributed by atoms with Gasteiger partial charge in [0.15, 0.2) is 0 Å². The highest BCUT2D eigenvalue weighted by atomic mass is 15.2. The molecule has 1 atom stereocenters. The van der Waals surface area contributed by atoms with E-state index in [1.54, 1.807) is 0 Å². The number of nitrogens with zero attached hydrogens (tertiary/aromatic N) is 2. The molecule has 1 aliphatic heterocycles. The third-order valence-electron chi connectivity index (χ3n) is 4.07. The maximum absolute atomic E-state index is 5.87. The molecule has 1 fully saturated rings. The zero-order valence-corrected chi connectivity index (χ0v) is 11.5. The van der Waals surface area contributed by atoms with Gasteiger partial charge >= 0.3 is 0 Å². The number of hydrogen-bond donors (Lipinski definition) is 1. The summed E-state index contributed by atoms with van der Waals surface area (Å²) < 4.78 is 0. The summed E-state index contributed by atoms with van der Waals surface area (Å²) in [5.74, 6) is 0. The van der Waals surface area contributed by atoms with E-state index in [4.69, 9.17) is 5.73 Å². The highest BCUT2D eigenvalue weighted by Gasteiger charge is 2.23. The van der Waals surface area contributed by atoms with Gasteiger partial charge in [0.1, 0.15) is 0 Å². The van der Waals surface area contributed by atoms with Gasteiger partial charge in [-0.2, -0.15) is 0 Å². The lowest BCUT2D eigenvalue weighted by Gasteiger charge is -2.24. The number of fused-ring (bicyclic) bond motifs is 1. The van der Waals surface area contributed by atoms with Crippen molar-refractivity contribution in [3.05, 3.63) is 41.6 Å². The number of benzene rings is 1. The van der Waals surface area contributed by atoms with E-state index in [0.717, 1.165) is 30.8 Å². The molecule has 19 heavy (non-hydrogen) atoms. The van der Waals surface area contributed by atoms with Crippen LogP contribution in [0.2, 0.25) is 0 Å². The van der Waals surface area contributed by atoms with Crippen LogP contribution in [0.5, 0.6) is 0 Å². The Bertz CT molecular complexity index is 579. The Morgan fingerprint density at radius 3 is 3.05 bits per heavy atom. The molecule has 0 saturated carbocycles. The van der Waals surface area contributed by atoms with Gasteiger partial charge in [-0.25, -0.2) is 0 Å². The number of nitrogens with two attached hydrogens (primary N) is 1. The van der Waals surface area contributed by atoms with Crippen molar-refractivity contribution in [2.75, 3.05) is 13.1 Å². The summed E-state index contributed by atoms with van der Waals surface area (Å²) in [6, 6.07) is 11.2. The summed E-state index contributed by atoms with van der Waals surface area (Å²) in [7, 11) is 0. The van der Waals surface area contributed by atoms with Gasteiger partial charge in [-0.3, -0.25) is 9.88 Å². The molecule has 3 rings (SSSR count). The zero-order chi connectivity index (χ0) is 13.2. The summed E-state index contributed by atoms with van der Waals surface area (Å²) >= 11 is 0. The Balaban J connectivity index is 1.96. The first-order valence-electron chi connectivity index (χ1n) is 7.07. The molecule has 1 aliphatic rings. The minimum Gasteiger partial charge on any atom is -0.329 e. The lowest BCUT2D eigenvalue weighted by atomic mass is 10.1. The highest BCUT2D eigenvalue weighted by Crippen LogP contribution is 2.24. The molecule has 1 unspecified atom stereocenters. The summed E-state index contributed by atoms with van der Waals surface area (Å²) in [6.45, 7) is 4.99. The van der Waals surface area contributed by atoms with Gasteiger partial charge in [0.25, 0.3) is 0 Å². The third-order valence-corrected chi connectivity index (χ3v) is 4.07. The fraction of sp³-hybridized carbons (Fsp3) is 0.438. The van der Waals surface area contributed by atoms with Crippen molar-refractivity contribution < 1.29 is 0 Å². The number of rotatable bonds is 3. The molecule has 0 bridgehead atoms. The van der Waals surface area contributed by atoms with E-state index >= 15 is 0 Å². The molecule has 1 aromatic carbocycles. The molecule has 0 amide bonds. The second kappa shape index (κ2) is 5.27. The minimum atomic E-state index is 0.548. The molecule has 1 aromatic heterocycles. The van der Waals surface area contributed by atoms with Gasteiger partial charge < -0.3 is 5.73 Å². The maximum atomic E-state index is 5.87. The SMILES string of the molecule is Cc1cc(CN2CCCC2CN)c2ccccc2n1. The van der Waals surface area contributed by atoms with Crippen molar-refractivity contribution in [1.29, 1.82) is 0 Å². The van der Waals surface area contributed by atoms with Crippen LogP contribution in [0.25, 0.3) is 10.9 Å². The Hall–Kier alpha value is -1.45. The predicted octanol–water partition coefficient (Wildman–Crippen LogP) is 2.47. The number of pyridine rings is 1. The predicted molar refractivity (Wildman–Crippen MR) is 79.0 cm³/mol. The van der Waals surface area contributed by atoms with E-state index in [1.807, 2.05) is 0 Å². The van der Waals surface area contributed by atoms with Crippen molar-refractivity contribution in [2.45, 2.75) is 32.4 Å². The first-order chi connectivity index (χ1) is 9.28. The molecule has 2 N–H and O–H groups in total. The fourth-order valence-electron chi connectivity index (χ4n) is 3.11. The van der Waals surface area contributed by atoms with Gasteiger partial charge in [-0.1, -0.05) is 18.2 Å². The van der Waals surface area contributed by atoms with Crippen LogP contribution in [0.4, 0.5) is 0 Å². The van der Waals surface area contributed by atoms with Gasteiger partial charge in [0.05, 0.1) is 5.52 Å². The van der Waals surface area contributed by atoms with Crippen LogP contribution in [0.1, 0.15) is 24.1 Å². The number of hydrogen-bond acceptors (Lipinski definition) is 3. The van der Waals surface area contributed by atoms with Crippen LogP contribution in [0.3, 0.4) is 0 Å². The first-order valence-corrected chi connectivity index (χ1v) is 7.07. The Labute approximate surface area is 114 Å². The van der Waals surface area contributed by atoms with Crippen LogP contribution >= 0.6 is 0 Å². The number of aryl methyl sites for hydroxylation is 1. The lowest BCUT2D eigenvalue weighted by Crippen LogP contribution is -2.34. The molecular weight excluding hydrogens is 234 g/mol. The van der Waals surface area contributed by atoms with E-state index in [2.05, 4.69) is 47.1 Å². The zero-order valence-electron chi connectivity index (χ0n) is 11.5. The molecule has 1 saturated heterocycles. The Morgan fingerprint density at radius 2 is 2.21 bits per heavy atom. The fourth-order valence-corrected chi connectivity index (χ4v) is 3.11. The normalized spacial score (nSPS) is 20.2. The van der Waals surface area contributed by atoms with E-state index in [9.17, 15) is 0 Å². The first kappa shape index (κ1) is 12.6. The molecule has 0 spiro atoms. The van der Waals surface area contributed by atoms with Crippen molar-refractivity contribution in [3.63, 3.8) is 0 Å². The smallest absolute Gasteiger partial charge is 0.0708 e. The van der Waals surface area contributed by atoms with Gasteiger partial charge in [0.2, 0.25) is 0 Å². The van der Waals surface area contributed by atoms with Crippen LogP contribution < -0.4 is 5.73 Å². The third kappa shape index (κ3) is 2.48. The minimum absolute atomic E-state index is 0.548. The molecule has 3 heteroatoms. The lowest BCUT2D eigenvalue weighted by molar-refractivity contribution is 0.251. The summed E-state index contributed by atoms with van der Waals surface area (Å²) in [6.07, 6.45) is 2.50. The van der Waals surface area contributed by atoms with Gasteiger partial charge in [0, 0.05) is 30.2 Å². The molecule has 0 aliphatic carbocycles. The monoisotopic (exact) mass is 255 g/mol. The van der Waals surface area contributed by atoms with Crippen LogP contribution in [-0.2, 0) is 6.54 Å². The quantitative estimate of drug-likeness (QED) is 0.916. The van der Waals surface area contributed by atoms with E-state index in [1.165, 1.54) is 23.8 Å². The number of aromatic nitrogens is 1. The van der Waals surface area contributed by atoms with Crippen LogP contribution in [-0.4, -0.2) is 29.0 Å². The van der Waals surface area contributed by atoms with Gasteiger partial charge in [-0.15, -0.1) is 0 Å². The molecule has 3 nitrogen and oxygen atoms in total. The van der Waals surface area contributed by atoms with Crippen molar-refractivity contribution in [1.82, 2.24) is 9.88 Å². The molecular formula is C16H21N3. The van der Waals surface area contributed by atoms with Crippen LogP contribution in [0, 0.1) is 6.92 Å². The van der Waals surface area contributed by atoms with Gasteiger partial charge in [-0.05, 0) is 44.0 Å². The standard InChI is InChI=1S/C16H21N3/c1-12-9-13(11-19-8-4-5-14(19)10-17)15-6-2-3-7-16(15)18-12/h2-3,6-7,9,14H,4-5,8,10-11,17H2,1H3. The molecule has 2 heterocycles. The maximum Gasteiger partial charge on any atom is 0.0708 e. The molecule has 0 radical (unpaired) electrons. The van der Waals surface area contributed by atoms with E-state index < -0.39 is 0 Å². The summed E-state index contributed by atoms with van der Waals surface area (Å²) in [5.41, 5.74) is 9.44. The number of likely N-dealkylation sites (tertiary alicyclic amines) is 1. The van der Waals surface area contributed by atoms with Crippen molar-refractivity contribution in [2.24, 2.45) is 5.73 Å². The second-order valence-electron chi connectivity index (χ2n) is 5.44. The highest BCUT2D eigenvalue weighted by molar-refractivity contribution is 5.82. The summed E-state index contributed by atoms with van der Waals surface area (Å²) in [4.78, 5) is 7.12. The van der Waals surface area contributed by atoms with Crippen LogP contribution in [0.15, 0.2) is 30.3 Å². The van der Waals surface area contributed by atoms with Crippen molar-refractivity contribution >= 4 is 10.9 Å². The average molecular weight is 255 g/mol.